The van der Waals surface area contributed by atoms with Gasteiger partial charge in [-0.25, -0.2) is 0 Å². The smallest absolute Gasteiger partial charge is 0.253 e. The van der Waals surface area contributed by atoms with E-state index in [1.54, 1.807) is 17.0 Å². The van der Waals surface area contributed by atoms with Gasteiger partial charge in [0, 0.05) is 25.2 Å². The van der Waals surface area contributed by atoms with Crippen LogP contribution < -0.4 is 14.8 Å². The molecule has 21 heavy (non-hydrogen) atoms. The first-order valence-electron chi connectivity index (χ1n) is 7.62. The van der Waals surface area contributed by atoms with E-state index in [1.807, 2.05) is 13.1 Å². The molecule has 1 amide bonds. The lowest BCUT2D eigenvalue weighted by Crippen LogP contribution is -2.44. The third kappa shape index (κ3) is 3.29. The SMILES string of the molecule is CN(C[C@@H]1CCCCN1)C(=O)c1ccc2c(c1)OCCO2. The topological polar surface area (TPSA) is 50.8 Å². The van der Waals surface area contributed by atoms with Crippen molar-refractivity contribution in [1.82, 2.24) is 10.2 Å². The number of ether oxygens (including phenoxy) is 2. The predicted molar refractivity (Wildman–Crippen MR) is 80.0 cm³/mol. The Kier molecular flexibility index (Phi) is 4.29. The van der Waals surface area contributed by atoms with Crippen molar-refractivity contribution in [3.05, 3.63) is 23.8 Å². The first-order chi connectivity index (χ1) is 10.2. The van der Waals surface area contributed by atoms with Crippen molar-refractivity contribution in [3.8, 4) is 11.5 Å². The molecule has 0 unspecified atom stereocenters. The molecule has 0 radical (unpaired) electrons. The number of hydrogen-bond acceptors (Lipinski definition) is 4. The number of nitrogens with zero attached hydrogens (tertiary/aromatic N) is 1. The van der Waals surface area contributed by atoms with Gasteiger partial charge in [-0.05, 0) is 37.6 Å². The molecule has 5 nitrogen and oxygen atoms in total. The summed E-state index contributed by atoms with van der Waals surface area (Å²) in [7, 11) is 1.86. The number of nitrogens with one attached hydrogen (secondary N) is 1. The fraction of sp³-hybridized carbons (Fsp3) is 0.562. The van der Waals surface area contributed by atoms with Crippen LogP contribution >= 0.6 is 0 Å². The maximum Gasteiger partial charge on any atom is 0.253 e. The van der Waals surface area contributed by atoms with Crippen LogP contribution in [0.25, 0.3) is 0 Å². The van der Waals surface area contributed by atoms with E-state index in [1.165, 1.54) is 12.8 Å². The van der Waals surface area contributed by atoms with Crippen LogP contribution in [0.4, 0.5) is 0 Å². The van der Waals surface area contributed by atoms with Crippen LogP contribution in [-0.2, 0) is 0 Å². The van der Waals surface area contributed by atoms with E-state index in [4.69, 9.17) is 9.47 Å². The van der Waals surface area contributed by atoms with Crippen molar-refractivity contribution in [2.45, 2.75) is 25.3 Å². The average molecular weight is 290 g/mol. The number of piperidine rings is 1. The molecule has 0 bridgehead atoms. The molecule has 0 aromatic heterocycles. The predicted octanol–water partition coefficient (Wildman–Crippen LogP) is 1.67. The molecular formula is C16H22N2O3. The van der Waals surface area contributed by atoms with Gasteiger partial charge in [-0.1, -0.05) is 6.42 Å². The molecule has 0 spiro atoms. The number of likely N-dealkylation sites (N-methyl/N-ethyl adjacent to an activating group) is 1. The Balaban J connectivity index is 1.66. The first kappa shape index (κ1) is 14.2. The molecule has 1 fully saturated rings. The largest absolute Gasteiger partial charge is 0.486 e. The molecule has 1 N–H and O–H groups in total. The molecule has 2 aliphatic rings. The van der Waals surface area contributed by atoms with Gasteiger partial charge in [0.2, 0.25) is 0 Å². The van der Waals surface area contributed by atoms with Gasteiger partial charge in [0.1, 0.15) is 13.2 Å². The second kappa shape index (κ2) is 6.35. The zero-order valence-corrected chi connectivity index (χ0v) is 12.4. The highest BCUT2D eigenvalue weighted by Crippen LogP contribution is 2.31. The Morgan fingerprint density at radius 1 is 1.29 bits per heavy atom. The fourth-order valence-electron chi connectivity index (χ4n) is 2.89. The molecule has 0 aliphatic carbocycles. The van der Waals surface area contributed by atoms with E-state index < -0.39 is 0 Å². The second-order valence-corrected chi connectivity index (χ2v) is 5.69. The Morgan fingerprint density at radius 2 is 2.10 bits per heavy atom. The van der Waals surface area contributed by atoms with Crippen molar-refractivity contribution in [2.24, 2.45) is 0 Å². The number of fused-ring (bicyclic) bond motifs is 1. The minimum Gasteiger partial charge on any atom is -0.486 e. The van der Waals surface area contributed by atoms with Crippen LogP contribution in [0.1, 0.15) is 29.6 Å². The second-order valence-electron chi connectivity index (χ2n) is 5.69. The van der Waals surface area contributed by atoms with Crippen molar-refractivity contribution >= 4 is 5.91 Å². The molecular weight excluding hydrogens is 268 g/mol. The summed E-state index contributed by atoms with van der Waals surface area (Å²) < 4.78 is 11.0. The number of benzene rings is 1. The standard InChI is InChI=1S/C16H22N2O3/c1-18(11-13-4-2-3-7-17-13)16(19)12-5-6-14-15(10-12)21-9-8-20-14/h5-6,10,13,17H,2-4,7-9,11H2,1H3/t13-/m0/s1. The van der Waals surface area contributed by atoms with Gasteiger partial charge >= 0.3 is 0 Å². The zero-order chi connectivity index (χ0) is 14.7. The number of hydrogen-bond donors (Lipinski definition) is 1. The van der Waals surface area contributed by atoms with E-state index in [0.717, 1.165) is 25.3 Å². The highest BCUT2D eigenvalue weighted by Gasteiger charge is 2.20. The molecule has 1 aromatic carbocycles. The fourth-order valence-corrected chi connectivity index (χ4v) is 2.89. The summed E-state index contributed by atoms with van der Waals surface area (Å²) in [5, 5.41) is 3.47. The van der Waals surface area contributed by atoms with Crippen LogP contribution in [0.5, 0.6) is 11.5 Å². The summed E-state index contributed by atoms with van der Waals surface area (Å²) >= 11 is 0. The van der Waals surface area contributed by atoms with E-state index in [0.29, 0.717) is 30.6 Å². The monoisotopic (exact) mass is 290 g/mol. The van der Waals surface area contributed by atoms with Gasteiger partial charge in [0.15, 0.2) is 11.5 Å². The molecule has 1 saturated heterocycles. The van der Waals surface area contributed by atoms with Crippen LogP contribution in [0, 0.1) is 0 Å². The molecule has 114 valence electrons. The summed E-state index contributed by atoms with van der Waals surface area (Å²) in [5.41, 5.74) is 0.651. The third-order valence-electron chi connectivity index (χ3n) is 4.04. The van der Waals surface area contributed by atoms with Crippen molar-refractivity contribution < 1.29 is 14.3 Å². The van der Waals surface area contributed by atoms with E-state index in [2.05, 4.69) is 5.32 Å². The number of rotatable bonds is 3. The van der Waals surface area contributed by atoms with Gasteiger partial charge in [0.25, 0.3) is 5.91 Å². The number of amides is 1. The first-order valence-corrected chi connectivity index (χ1v) is 7.62. The van der Waals surface area contributed by atoms with Crippen LogP contribution in [0.2, 0.25) is 0 Å². The molecule has 0 saturated carbocycles. The van der Waals surface area contributed by atoms with E-state index >= 15 is 0 Å². The lowest BCUT2D eigenvalue weighted by atomic mass is 10.0. The molecule has 2 heterocycles. The lowest BCUT2D eigenvalue weighted by Gasteiger charge is -2.28. The highest BCUT2D eigenvalue weighted by molar-refractivity contribution is 5.94. The molecule has 1 aromatic rings. The summed E-state index contributed by atoms with van der Waals surface area (Å²) in [4.78, 5) is 14.3. The van der Waals surface area contributed by atoms with Gasteiger partial charge in [-0.2, -0.15) is 0 Å². The minimum absolute atomic E-state index is 0.0272. The van der Waals surface area contributed by atoms with Gasteiger partial charge in [-0.3, -0.25) is 4.79 Å². The summed E-state index contributed by atoms with van der Waals surface area (Å²) in [6, 6.07) is 5.81. The van der Waals surface area contributed by atoms with E-state index in [9.17, 15) is 4.79 Å². The zero-order valence-electron chi connectivity index (χ0n) is 12.4. The third-order valence-corrected chi connectivity index (χ3v) is 4.04. The normalized spacial score (nSPS) is 20.9. The Bertz CT molecular complexity index is 512. The van der Waals surface area contributed by atoms with Crippen LogP contribution in [0.3, 0.4) is 0 Å². The van der Waals surface area contributed by atoms with Gasteiger partial charge in [-0.15, -0.1) is 0 Å². The number of carbonyl (C=O) groups excluding carboxylic acids is 1. The highest BCUT2D eigenvalue weighted by atomic mass is 16.6. The van der Waals surface area contributed by atoms with Crippen molar-refractivity contribution in [3.63, 3.8) is 0 Å². The minimum atomic E-state index is 0.0272. The molecule has 1 atom stereocenters. The number of carbonyl (C=O) groups is 1. The Labute approximate surface area is 125 Å². The summed E-state index contributed by atoms with van der Waals surface area (Å²) in [6.07, 6.45) is 3.61. The van der Waals surface area contributed by atoms with E-state index in [-0.39, 0.29) is 5.91 Å². The maximum atomic E-state index is 12.5. The molecule has 2 aliphatic heterocycles. The molecule has 5 heteroatoms. The Morgan fingerprint density at radius 3 is 2.86 bits per heavy atom. The quantitative estimate of drug-likeness (QED) is 0.920. The molecule has 3 rings (SSSR count). The average Bonchev–Trinajstić information content (AvgIpc) is 2.54. The van der Waals surface area contributed by atoms with Gasteiger partial charge in [0.05, 0.1) is 0 Å². The maximum absolute atomic E-state index is 12.5. The van der Waals surface area contributed by atoms with Gasteiger partial charge < -0.3 is 19.7 Å². The summed E-state index contributed by atoms with van der Waals surface area (Å²) in [6.45, 7) is 2.89. The van der Waals surface area contributed by atoms with Crippen LogP contribution in [0.15, 0.2) is 18.2 Å². The van der Waals surface area contributed by atoms with Crippen LogP contribution in [-0.4, -0.2) is 50.2 Å². The van der Waals surface area contributed by atoms with Crippen molar-refractivity contribution in [1.29, 1.82) is 0 Å². The Hall–Kier alpha value is -1.75. The summed E-state index contributed by atoms with van der Waals surface area (Å²) in [5.74, 6) is 1.41. The van der Waals surface area contributed by atoms with Crippen molar-refractivity contribution in [2.75, 3.05) is 33.4 Å². The lowest BCUT2D eigenvalue weighted by molar-refractivity contribution is 0.0774.